The summed E-state index contributed by atoms with van der Waals surface area (Å²) in [5.41, 5.74) is 0.0747. The summed E-state index contributed by atoms with van der Waals surface area (Å²) in [5.74, 6) is -0.414. The van der Waals surface area contributed by atoms with E-state index in [1.165, 1.54) is 6.20 Å². The molecule has 1 fully saturated rings. The smallest absolute Gasteiger partial charge is 0.328 e. The monoisotopic (exact) mass is 442 g/mol. The number of benzene rings is 1. The molecule has 8 nitrogen and oxygen atoms in total. The molecular formula is C16H16BrClN4O4. The minimum absolute atomic E-state index is 0.168. The zero-order valence-corrected chi connectivity index (χ0v) is 16.0. The molecule has 1 amide bonds. The Labute approximate surface area is 161 Å². The molecule has 0 atom stereocenters. The zero-order chi connectivity index (χ0) is 18.7. The minimum atomic E-state index is -0.659. The highest BCUT2D eigenvalue weighted by Crippen LogP contribution is 2.34. The van der Waals surface area contributed by atoms with E-state index in [4.69, 9.17) is 16.3 Å². The Morgan fingerprint density at radius 1 is 1.31 bits per heavy atom. The van der Waals surface area contributed by atoms with Crippen LogP contribution in [0.25, 0.3) is 0 Å². The normalized spacial score (nSPS) is 14.3. The number of hydrogen-bond acceptors (Lipinski definition) is 5. The summed E-state index contributed by atoms with van der Waals surface area (Å²) in [6.45, 7) is 2.25. The molecule has 1 aromatic heterocycles. The average Bonchev–Trinajstić information content (AvgIpc) is 2.60. The number of halogens is 2. The first-order valence-electron chi connectivity index (χ1n) is 7.86. The van der Waals surface area contributed by atoms with Gasteiger partial charge in [-0.15, -0.1) is 0 Å². The molecule has 10 heteroatoms. The largest absolute Gasteiger partial charge is 0.378 e. The van der Waals surface area contributed by atoms with E-state index in [1.807, 2.05) is 4.90 Å². The molecule has 1 aliphatic rings. The summed E-state index contributed by atoms with van der Waals surface area (Å²) in [6, 6.07) is 5.25. The third-order valence-corrected chi connectivity index (χ3v) is 4.74. The van der Waals surface area contributed by atoms with Gasteiger partial charge in [0.2, 0.25) is 5.91 Å². The number of nitrogens with one attached hydrogen (secondary N) is 2. The van der Waals surface area contributed by atoms with E-state index in [1.54, 1.807) is 18.2 Å². The van der Waals surface area contributed by atoms with Crippen LogP contribution in [0, 0.1) is 0 Å². The number of anilines is 2. The number of aromatic nitrogens is 2. The Balaban J connectivity index is 1.82. The molecule has 0 bridgehead atoms. The maximum atomic E-state index is 12.4. The molecule has 1 aromatic carbocycles. The van der Waals surface area contributed by atoms with Crippen LogP contribution in [0.4, 0.5) is 11.4 Å². The number of H-pyrrole nitrogens is 1. The van der Waals surface area contributed by atoms with Crippen molar-refractivity contribution < 1.29 is 9.53 Å². The number of ether oxygens (including phenoxy) is 1. The molecule has 0 saturated carbocycles. The van der Waals surface area contributed by atoms with Gasteiger partial charge < -0.3 is 15.0 Å². The number of amides is 1. The molecule has 0 spiro atoms. The van der Waals surface area contributed by atoms with Crippen molar-refractivity contribution in [2.45, 2.75) is 6.54 Å². The highest BCUT2D eigenvalue weighted by Gasteiger charge is 2.19. The number of rotatable bonds is 4. The van der Waals surface area contributed by atoms with Gasteiger partial charge in [-0.05, 0) is 28.1 Å². The number of carbonyl (C=O) groups excluding carboxylic acids is 1. The molecule has 2 N–H and O–H groups in total. The Kier molecular flexibility index (Phi) is 5.80. The summed E-state index contributed by atoms with van der Waals surface area (Å²) in [7, 11) is 0. The fraction of sp³-hybridized carbons (Fsp3) is 0.312. The van der Waals surface area contributed by atoms with Crippen molar-refractivity contribution in [3.05, 3.63) is 54.7 Å². The van der Waals surface area contributed by atoms with Gasteiger partial charge in [0.1, 0.15) is 6.54 Å². The zero-order valence-electron chi connectivity index (χ0n) is 13.6. The second-order valence-electron chi connectivity index (χ2n) is 5.65. The van der Waals surface area contributed by atoms with Gasteiger partial charge in [0, 0.05) is 19.3 Å². The van der Waals surface area contributed by atoms with Crippen LogP contribution in [-0.2, 0) is 16.1 Å². The van der Waals surface area contributed by atoms with E-state index in [2.05, 4.69) is 26.2 Å². The summed E-state index contributed by atoms with van der Waals surface area (Å²) in [4.78, 5) is 39.8. The number of hydrogen-bond donors (Lipinski definition) is 2. The number of carbonyl (C=O) groups is 1. The quantitative estimate of drug-likeness (QED) is 0.745. The lowest BCUT2D eigenvalue weighted by Crippen LogP contribution is -2.37. The van der Waals surface area contributed by atoms with Gasteiger partial charge in [-0.25, -0.2) is 4.79 Å². The third-order valence-electron chi connectivity index (χ3n) is 3.87. The SMILES string of the molecule is O=C(Cn1cc(Br)c(=O)[nH]c1=O)Nc1cccc(Cl)c1N1CCOCC1. The summed E-state index contributed by atoms with van der Waals surface area (Å²) < 4.78 is 6.63. The molecule has 2 heterocycles. The fourth-order valence-corrected chi connectivity index (χ4v) is 3.31. The second-order valence-corrected chi connectivity index (χ2v) is 6.91. The Bertz CT molecular complexity index is 937. The van der Waals surface area contributed by atoms with Crippen LogP contribution in [0.1, 0.15) is 0 Å². The lowest BCUT2D eigenvalue weighted by molar-refractivity contribution is -0.116. The summed E-state index contributed by atoms with van der Waals surface area (Å²) in [5, 5.41) is 3.31. The van der Waals surface area contributed by atoms with Crippen molar-refractivity contribution in [3.63, 3.8) is 0 Å². The molecule has 0 radical (unpaired) electrons. The van der Waals surface area contributed by atoms with Crippen LogP contribution in [0.3, 0.4) is 0 Å². The molecule has 26 heavy (non-hydrogen) atoms. The maximum Gasteiger partial charge on any atom is 0.328 e. The van der Waals surface area contributed by atoms with E-state index < -0.39 is 17.2 Å². The highest BCUT2D eigenvalue weighted by atomic mass is 79.9. The van der Waals surface area contributed by atoms with Gasteiger partial charge in [0.05, 0.1) is 34.1 Å². The van der Waals surface area contributed by atoms with Gasteiger partial charge in [-0.3, -0.25) is 19.1 Å². The van der Waals surface area contributed by atoms with Crippen molar-refractivity contribution in [2.75, 3.05) is 36.5 Å². The lowest BCUT2D eigenvalue weighted by atomic mass is 10.2. The molecule has 0 unspecified atom stereocenters. The van der Waals surface area contributed by atoms with Crippen LogP contribution < -0.4 is 21.5 Å². The van der Waals surface area contributed by atoms with Crippen molar-refractivity contribution in [2.24, 2.45) is 0 Å². The first-order chi connectivity index (χ1) is 12.5. The number of morpholine rings is 1. The number of aromatic amines is 1. The lowest BCUT2D eigenvalue weighted by Gasteiger charge is -2.31. The van der Waals surface area contributed by atoms with Crippen molar-refractivity contribution >= 4 is 44.8 Å². The van der Waals surface area contributed by atoms with Gasteiger partial charge in [-0.1, -0.05) is 17.7 Å². The third kappa shape index (κ3) is 4.17. The van der Waals surface area contributed by atoms with Crippen LogP contribution in [0.2, 0.25) is 5.02 Å². The first-order valence-corrected chi connectivity index (χ1v) is 9.03. The van der Waals surface area contributed by atoms with Crippen molar-refractivity contribution in [1.82, 2.24) is 9.55 Å². The standard InChI is InChI=1S/C16H16BrClN4O4/c17-10-8-22(16(25)20-15(10)24)9-13(23)19-12-3-1-2-11(18)14(12)21-4-6-26-7-5-21/h1-3,8H,4-7,9H2,(H,19,23)(H,20,24,25). The molecule has 138 valence electrons. The molecule has 0 aliphatic carbocycles. The van der Waals surface area contributed by atoms with Crippen molar-refractivity contribution in [1.29, 1.82) is 0 Å². The summed E-state index contributed by atoms with van der Waals surface area (Å²) >= 11 is 9.37. The maximum absolute atomic E-state index is 12.4. The fourth-order valence-electron chi connectivity index (χ4n) is 2.67. The van der Waals surface area contributed by atoms with Crippen LogP contribution in [0.15, 0.2) is 38.5 Å². The molecule has 2 aromatic rings. The van der Waals surface area contributed by atoms with Crippen molar-refractivity contribution in [3.8, 4) is 0 Å². The van der Waals surface area contributed by atoms with Gasteiger partial charge in [0.15, 0.2) is 0 Å². The van der Waals surface area contributed by atoms with E-state index in [-0.39, 0.29) is 11.0 Å². The van der Waals surface area contributed by atoms with Crippen LogP contribution in [0.5, 0.6) is 0 Å². The van der Waals surface area contributed by atoms with E-state index in [9.17, 15) is 14.4 Å². The molecular weight excluding hydrogens is 428 g/mol. The Morgan fingerprint density at radius 2 is 2.04 bits per heavy atom. The predicted molar refractivity (Wildman–Crippen MR) is 102 cm³/mol. The molecule has 3 rings (SSSR count). The van der Waals surface area contributed by atoms with E-state index >= 15 is 0 Å². The van der Waals surface area contributed by atoms with E-state index in [0.717, 1.165) is 10.3 Å². The van der Waals surface area contributed by atoms with E-state index in [0.29, 0.717) is 37.0 Å². The second kappa shape index (κ2) is 8.07. The van der Waals surface area contributed by atoms with Crippen LogP contribution in [-0.4, -0.2) is 41.8 Å². The topological polar surface area (TPSA) is 96.4 Å². The van der Waals surface area contributed by atoms with Gasteiger partial charge in [0.25, 0.3) is 5.56 Å². The number of nitrogens with zero attached hydrogens (tertiary/aromatic N) is 2. The van der Waals surface area contributed by atoms with Crippen LogP contribution >= 0.6 is 27.5 Å². The molecule has 1 saturated heterocycles. The van der Waals surface area contributed by atoms with Gasteiger partial charge in [-0.2, -0.15) is 0 Å². The first kappa shape index (κ1) is 18.7. The van der Waals surface area contributed by atoms with Gasteiger partial charge >= 0.3 is 5.69 Å². The Morgan fingerprint density at radius 3 is 2.77 bits per heavy atom. The summed E-state index contributed by atoms with van der Waals surface area (Å²) in [6.07, 6.45) is 1.28. The average molecular weight is 444 g/mol. The molecule has 1 aliphatic heterocycles. The highest BCUT2D eigenvalue weighted by molar-refractivity contribution is 9.10. The minimum Gasteiger partial charge on any atom is -0.378 e. The number of para-hydroxylation sites is 1. The predicted octanol–water partition coefficient (Wildman–Crippen LogP) is 1.43. The Hall–Kier alpha value is -2.10.